The van der Waals surface area contributed by atoms with Gasteiger partial charge in [0, 0.05) is 3.57 Å². The number of halogens is 1. The van der Waals surface area contributed by atoms with Crippen molar-refractivity contribution < 1.29 is 14.3 Å². The van der Waals surface area contributed by atoms with Crippen molar-refractivity contribution in [2.75, 3.05) is 6.61 Å². The van der Waals surface area contributed by atoms with Crippen LogP contribution in [-0.2, 0) is 9.53 Å². The van der Waals surface area contributed by atoms with Gasteiger partial charge in [-0.3, -0.25) is 0 Å². The molecule has 0 spiro atoms. The zero-order chi connectivity index (χ0) is 15.2. The summed E-state index contributed by atoms with van der Waals surface area (Å²) in [5, 5.41) is 0. The summed E-state index contributed by atoms with van der Waals surface area (Å²) in [6.07, 6.45) is -0.121. The summed E-state index contributed by atoms with van der Waals surface area (Å²) in [4.78, 5) is 11.4. The van der Waals surface area contributed by atoms with Crippen LogP contribution in [0.2, 0.25) is 0 Å². The Morgan fingerprint density at radius 1 is 1.00 bits per heavy atom. The van der Waals surface area contributed by atoms with Gasteiger partial charge in [-0.1, -0.05) is 24.3 Å². The fourth-order valence-corrected chi connectivity index (χ4v) is 2.18. The van der Waals surface area contributed by atoms with Crippen molar-refractivity contribution in [1.82, 2.24) is 0 Å². The monoisotopic (exact) mass is 396 g/mol. The van der Waals surface area contributed by atoms with Gasteiger partial charge >= 0.3 is 5.97 Å². The predicted octanol–water partition coefficient (Wildman–Crippen LogP) is 4.29. The molecular weight excluding hydrogens is 379 g/mol. The van der Waals surface area contributed by atoms with E-state index in [0.717, 1.165) is 11.1 Å². The molecule has 21 heavy (non-hydrogen) atoms. The Morgan fingerprint density at radius 3 is 2.05 bits per heavy atom. The number of rotatable bonds is 5. The summed E-state index contributed by atoms with van der Waals surface area (Å²) < 4.78 is 11.6. The molecule has 2 aromatic rings. The van der Waals surface area contributed by atoms with Gasteiger partial charge in [-0.05, 0) is 71.8 Å². The normalized spacial score (nSPS) is 10.5. The SMILES string of the molecule is CC(C)OC(=O)COc1ccc(-c2ccc(I)cc2)cc1. The highest BCUT2D eigenvalue weighted by Gasteiger charge is 2.06. The molecule has 0 amide bonds. The number of benzene rings is 2. The van der Waals surface area contributed by atoms with Crippen molar-refractivity contribution in [3.8, 4) is 16.9 Å². The second-order valence-corrected chi connectivity index (χ2v) is 6.10. The lowest BCUT2D eigenvalue weighted by molar-refractivity contribution is -0.149. The van der Waals surface area contributed by atoms with Gasteiger partial charge in [0.1, 0.15) is 5.75 Å². The summed E-state index contributed by atoms with van der Waals surface area (Å²) in [5.41, 5.74) is 2.27. The molecule has 0 fully saturated rings. The van der Waals surface area contributed by atoms with Crippen LogP contribution in [0.5, 0.6) is 5.75 Å². The van der Waals surface area contributed by atoms with Crippen LogP contribution in [0, 0.1) is 3.57 Å². The van der Waals surface area contributed by atoms with E-state index in [9.17, 15) is 4.79 Å². The van der Waals surface area contributed by atoms with Crippen molar-refractivity contribution in [2.45, 2.75) is 20.0 Å². The molecule has 0 saturated carbocycles. The molecular formula is C17H17IO3. The second-order valence-electron chi connectivity index (χ2n) is 4.86. The molecule has 0 N–H and O–H groups in total. The molecule has 0 aliphatic rings. The van der Waals surface area contributed by atoms with Crippen molar-refractivity contribution in [1.29, 1.82) is 0 Å². The third-order valence-electron chi connectivity index (χ3n) is 2.76. The molecule has 0 aromatic heterocycles. The predicted molar refractivity (Wildman–Crippen MR) is 91.3 cm³/mol. The van der Waals surface area contributed by atoms with Crippen molar-refractivity contribution in [3.63, 3.8) is 0 Å². The Morgan fingerprint density at radius 2 is 1.52 bits per heavy atom. The number of carbonyl (C=O) groups is 1. The summed E-state index contributed by atoms with van der Waals surface area (Å²) in [7, 11) is 0. The average molecular weight is 396 g/mol. The first-order valence-electron chi connectivity index (χ1n) is 6.73. The largest absolute Gasteiger partial charge is 0.482 e. The minimum Gasteiger partial charge on any atom is -0.482 e. The standard InChI is InChI=1S/C17H17IO3/c1-12(2)21-17(19)11-20-16-9-5-14(6-10-16)13-3-7-15(18)8-4-13/h3-10,12H,11H2,1-2H3. The maximum Gasteiger partial charge on any atom is 0.344 e. The Balaban J connectivity index is 1.96. The first kappa shape index (κ1) is 15.8. The van der Waals surface area contributed by atoms with Gasteiger partial charge in [-0.25, -0.2) is 4.79 Å². The number of hydrogen-bond acceptors (Lipinski definition) is 3. The molecule has 0 bridgehead atoms. The highest BCUT2D eigenvalue weighted by atomic mass is 127. The van der Waals surface area contributed by atoms with Gasteiger partial charge in [0.25, 0.3) is 0 Å². The molecule has 0 saturated heterocycles. The first-order valence-corrected chi connectivity index (χ1v) is 7.81. The average Bonchev–Trinajstić information content (AvgIpc) is 2.46. The third kappa shape index (κ3) is 5.04. The Kier molecular flexibility index (Phi) is 5.61. The van der Waals surface area contributed by atoms with Gasteiger partial charge in [0.05, 0.1) is 6.10 Å². The maximum absolute atomic E-state index is 11.4. The lowest BCUT2D eigenvalue weighted by Crippen LogP contribution is -2.18. The molecule has 0 atom stereocenters. The van der Waals surface area contributed by atoms with Gasteiger partial charge in [0.2, 0.25) is 0 Å². The zero-order valence-electron chi connectivity index (χ0n) is 12.0. The molecule has 0 radical (unpaired) electrons. The topological polar surface area (TPSA) is 35.5 Å². The fraction of sp³-hybridized carbons (Fsp3) is 0.235. The maximum atomic E-state index is 11.4. The van der Waals surface area contributed by atoms with Gasteiger partial charge in [0.15, 0.2) is 6.61 Å². The van der Waals surface area contributed by atoms with Crippen molar-refractivity contribution in [2.24, 2.45) is 0 Å². The summed E-state index contributed by atoms with van der Waals surface area (Å²) in [6, 6.07) is 16.0. The minimum atomic E-state index is -0.355. The van der Waals surface area contributed by atoms with E-state index in [1.807, 2.05) is 38.1 Å². The number of ether oxygens (including phenoxy) is 2. The second kappa shape index (κ2) is 7.45. The van der Waals surface area contributed by atoms with Crippen LogP contribution in [0.1, 0.15) is 13.8 Å². The van der Waals surface area contributed by atoms with E-state index in [1.54, 1.807) is 0 Å². The molecule has 2 rings (SSSR count). The first-order chi connectivity index (χ1) is 10.0. The summed E-state index contributed by atoms with van der Waals surface area (Å²) in [6.45, 7) is 3.56. The lowest BCUT2D eigenvalue weighted by atomic mass is 10.1. The zero-order valence-corrected chi connectivity index (χ0v) is 14.2. The van der Waals surface area contributed by atoms with E-state index in [2.05, 4.69) is 46.9 Å². The Bertz CT molecular complexity index is 588. The summed E-state index contributed by atoms with van der Waals surface area (Å²) in [5.74, 6) is 0.302. The van der Waals surface area contributed by atoms with E-state index >= 15 is 0 Å². The highest BCUT2D eigenvalue weighted by Crippen LogP contribution is 2.23. The number of hydrogen-bond donors (Lipinski definition) is 0. The quantitative estimate of drug-likeness (QED) is 0.559. The van der Waals surface area contributed by atoms with E-state index in [4.69, 9.17) is 9.47 Å². The minimum absolute atomic E-state index is 0.0684. The lowest BCUT2D eigenvalue weighted by Gasteiger charge is -2.09. The number of esters is 1. The molecule has 0 aliphatic heterocycles. The van der Waals surface area contributed by atoms with Gasteiger partial charge < -0.3 is 9.47 Å². The molecule has 0 heterocycles. The van der Waals surface area contributed by atoms with Crippen molar-refractivity contribution in [3.05, 3.63) is 52.1 Å². The smallest absolute Gasteiger partial charge is 0.344 e. The molecule has 0 unspecified atom stereocenters. The van der Waals surface area contributed by atoms with Crippen LogP contribution in [-0.4, -0.2) is 18.7 Å². The van der Waals surface area contributed by atoms with Crippen LogP contribution in [0.3, 0.4) is 0 Å². The Labute approximate surface area is 138 Å². The van der Waals surface area contributed by atoms with Gasteiger partial charge in [-0.2, -0.15) is 0 Å². The Hall–Kier alpha value is -1.56. The van der Waals surface area contributed by atoms with E-state index in [1.165, 1.54) is 3.57 Å². The van der Waals surface area contributed by atoms with Crippen LogP contribution in [0.15, 0.2) is 48.5 Å². The molecule has 0 aliphatic carbocycles. The summed E-state index contributed by atoms with van der Waals surface area (Å²) >= 11 is 2.28. The van der Waals surface area contributed by atoms with Crippen LogP contribution in [0.4, 0.5) is 0 Å². The molecule has 110 valence electrons. The van der Waals surface area contributed by atoms with Crippen LogP contribution < -0.4 is 4.74 Å². The molecule has 3 nitrogen and oxygen atoms in total. The van der Waals surface area contributed by atoms with E-state index in [0.29, 0.717) is 5.75 Å². The number of carbonyl (C=O) groups excluding carboxylic acids is 1. The van der Waals surface area contributed by atoms with E-state index < -0.39 is 0 Å². The molecule has 4 heteroatoms. The van der Waals surface area contributed by atoms with E-state index in [-0.39, 0.29) is 18.7 Å². The van der Waals surface area contributed by atoms with Crippen LogP contribution in [0.25, 0.3) is 11.1 Å². The molecule has 2 aromatic carbocycles. The fourth-order valence-electron chi connectivity index (χ4n) is 1.83. The highest BCUT2D eigenvalue weighted by molar-refractivity contribution is 14.1. The van der Waals surface area contributed by atoms with Gasteiger partial charge in [-0.15, -0.1) is 0 Å². The van der Waals surface area contributed by atoms with Crippen molar-refractivity contribution >= 4 is 28.6 Å². The third-order valence-corrected chi connectivity index (χ3v) is 3.47. The van der Waals surface area contributed by atoms with Crippen LogP contribution >= 0.6 is 22.6 Å².